The number of hydrogen-bond acceptors (Lipinski definition) is 4. The van der Waals surface area contributed by atoms with Gasteiger partial charge in [-0.25, -0.2) is 4.85 Å². The molecular formula is C24H21ClN4O3. The Morgan fingerprint density at radius 1 is 0.969 bits per heavy atom. The molecule has 0 fully saturated rings. The molecule has 0 aliphatic heterocycles. The van der Waals surface area contributed by atoms with Crippen molar-refractivity contribution in [2.24, 2.45) is 0 Å². The molecule has 3 aromatic rings. The molecule has 32 heavy (non-hydrogen) atoms. The summed E-state index contributed by atoms with van der Waals surface area (Å²) in [6.07, 6.45) is -1.23. The number of carbonyl (C=O) groups is 2. The van der Waals surface area contributed by atoms with E-state index in [1.54, 1.807) is 73.7 Å². The van der Waals surface area contributed by atoms with Gasteiger partial charge in [0.15, 0.2) is 0 Å². The molecule has 2 amide bonds. The molecule has 162 valence electrons. The first-order valence-electron chi connectivity index (χ1n) is 9.73. The average Bonchev–Trinajstić information content (AvgIpc) is 2.84. The molecule has 2 atom stereocenters. The van der Waals surface area contributed by atoms with Crippen LogP contribution >= 0.6 is 11.6 Å². The van der Waals surface area contributed by atoms with Crippen molar-refractivity contribution in [1.29, 1.82) is 0 Å². The maximum absolute atomic E-state index is 13.0. The Kier molecular flexibility index (Phi) is 7.45. The van der Waals surface area contributed by atoms with Crippen molar-refractivity contribution in [3.8, 4) is 0 Å². The second-order valence-electron chi connectivity index (χ2n) is 6.97. The van der Waals surface area contributed by atoms with Gasteiger partial charge in [-0.2, -0.15) is 0 Å². The van der Waals surface area contributed by atoms with Crippen molar-refractivity contribution in [2.45, 2.75) is 19.1 Å². The van der Waals surface area contributed by atoms with E-state index in [-0.39, 0.29) is 10.7 Å². The summed E-state index contributed by atoms with van der Waals surface area (Å²) in [6.45, 7) is 8.89. The second-order valence-corrected chi connectivity index (χ2v) is 7.35. The Balaban J connectivity index is 1.84. The Bertz CT molecular complexity index is 1150. The van der Waals surface area contributed by atoms with Crippen molar-refractivity contribution >= 4 is 34.8 Å². The van der Waals surface area contributed by atoms with Gasteiger partial charge in [0.2, 0.25) is 5.69 Å². The number of nitrogens with one attached hydrogen (secondary N) is 3. The lowest BCUT2D eigenvalue weighted by molar-refractivity contribution is -0.124. The number of aliphatic hydroxyl groups is 1. The largest absolute Gasteiger partial charge is 0.386 e. The second kappa shape index (κ2) is 10.4. The molecule has 0 heterocycles. The van der Waals surface area contributed by atoms with Crippen molar-refractivity contribution in [3.63, 3.8) is 0 Å². The van der Waals surface area contributed by atoms with E-state index >= 15 is 0 Å². The Morgan fingerprint density at radius 2 is 1.59 bits per heavy atom. The van der Waals surface area contributed by atoms with E-state index in [2.05, 4.69) is 21.0 Å². The van der Waals surface area contributed by atoms with Crippen LogP contribution < -0.4 is 16.2 Å². The molecule has 0 saturated heterocycles. The van der Waals surface area contributed by atoms with Crippen LogP contribution in [-0.2, 0) is 4.79 Å². The molecule has 7 nitrogen and oxygen atoms in total. The van der Waals surface area contributed by atoms with E-state index < -0.39 is 24.0 Å². The first-order chi connectivity index (χ1) is 15.4. The number of rotatable bonds is 6. The van der Waals surface area contributed by atoms with E-state index in [1.165, 1.54) is 6.07 Å². The van der Waals surface area contributed by atoms with Gasteiger partial charge >= 0.3 is 0 Å². The topological polar surface area (TPSA) is 94.8 Å². The summed E-state index contributed by atoms with van der Waals surface area (Å²) in [5.41, 5.74) is 6.94. The SMILES string of the molecule is [C-]#[N+]c1ccc(NC(C(=O)NNC(=O)c2ccccc2)C(O)c2ccccc2)c(C)c1Cl. The molecule has 0 aliphatic rings. The molecule has 0 bridgehead atoms. The van der Waals surface area contributed by atoms with Gasteiger partial charge in [0.1, 0.15) is 12.1 Å². The zero-order valence-corrected chi connectivity index (χ0v) is 17.9. The van der Waals surface area contributed by atoms with Gasteiger partial charge in [-0.3, -0.25) is 20.4 Å². The minimum absolute atomic E-state index is 0.260. The van der Waals surface area contributed by atoms with E-state index in [0.29, 0.717) is 22.4 Å². The van der Waals surface area contributed by atoms with Gasteiger partial charge in [0, 0.05) is 11.3 Å². The number of benzene rings is 3. The highest BCUT2D eigenvalue weighted by Crippen LogP contribution is 2.34. The van der Waals surface area contributed by atoms with E-state index in [0.717, 1.165) is 0 Å². The normalized spacial score (nSPS) is 12.2. The third kappa shape index (κ3) is 5.24. The molecule has 0 aromatic heterocycles. The smallest absolute Gasteiger partial charge is 0.269 e. The van der Waals surface area contributed by atoms with Crippen molar-refractivity contribution < 1.29 is 14.7 Å². The van der Waals surface area contributed by atoms with Crippen LogP contribution in [0.25, 0.3) is 4.85 Å². The molecule has 0 spiro atoms. The molecule has 8 heteroatoms. The summed E-state index contributed by atoms with van der Waals surface area (Å²) in [6, 6.07) is 19.1. The molecular weight excluding hydrogens is 428 g/mol. The fourth-order valence-electron chi connectivity index (χ4n) is 3.07. The zero-order valence-electron chi connectivity index (χ0n) is 17.2. The number of halogens is 1. The highest BCUT2D eigenvalue weighted by Gasteiger charge is 2.29. The standard InChI is InChI=1S/C24H21ClN4O3/c1-15-18(13-14-19(26-2)20(15)25)27-21(22(30)16-9-5-3-6-10-16)24(32)29-28-23(31)17-11-7-4-8-12-17/h3-14,21-22,27,30H,1H3,(H,28,31)(H,29,32). The van der Waals surface area contributed by atoms with Crippen LogP contribution in [0, 0.1) is 13.5 Å². The predicted octanol–water partition coefficient (Wildman–Crippen LogP) is 4.17. The van der Waals surface area contributed by atoms with Gasteiger partial charge in [-0.1, -0.05) is 66.2 Å². The van der Waals surface area contributed by atoms with Crippen molar-refractivity contribution in [3.05, 3.63) is 106 Å². The van der Waals surface area contributed by atoms with Crippen molar-refractivity contribution in [2.75, 3.05) is 5.32 Å². The van der Waals surface area contributed by atoms with Gasteiger partial charge in [-0.05, 0) is 36.2 Å². The van der Waals surface area contributed by atoms with E-state index in [1.807, 2.05) is 0 Å². The van der Waals surface area contributed by atoms with Gasteiger partial charge in [0.05, 0.1) is 11.6 Å². The van der Waals surface area contributed by atoms with Crippen LogP contribution in [-0.4, -0.2) is 23.0 Å². The van der Waals surface area contributed by atoms with Gasteiger partial charge < -0.3 is 10.4 Å². The molecule has 0 aliphatic carbocycles. The summed E-state index contributed by atoms with van der Waals surface area (Å²) >= 11 is 6.25. The Labute approximate surface area is 190 Å². The molecule has 3 rings (SSSR count). The summed E-state index contributed by atoms with van der Waals surface area (Å²) in [4.78, 5) is 28.6. The van der Waals surface area contributed by atoms with Crippen LogP contribution in [0.4, 0.5) is 11.4 Å². The third-order valence-electron chi connectivity index (χ3n) is 4.87. The van der Waals surface area contributed by atoms with Crippen LogP contribution in [0.1, 0.15) is 27.6 Å². The van der Waals surface area contributed by atoms with Crippen LogP contribution in [0.2, 0.25) is 5.02 Å². The fourth-order valence-corrected chi connectivity index (χ4v) is 3.28. The number of hydrogen-bond donors (Lipinski definition) is 4. The lowest BCUT2D eigenvalue weighted by Gasteiger charge is -2.26. The number of nitrogens with zero attached hydrogens (tertiary/aromatic N) is 1. The van der Waals surface area contributed by atoms with E-state index in [4.69, 9.17) is 18.2 Å². The Morgan fingerprint density at radius 3 is 2.22 bits per heavy atom. The molecule has 2 unspecified atom stereocenters. The lowest BCUT2D eigenvalue weighted by atomic mass is 10.0. The first-order valence-corrected chi connectivity index (χ1v) is 10.1. The summed E-state index contributed by atoms with van der Waals surface area (Å²) in [5.74, 6) is -1.15. The van der Waals surface area contributed by atoms with E-state index in [9.17, 15) is 14.7 Å². The highest BCUT2D eigenvalue weighted by molar-refractivity contribution is 6.34. The molecule has 0 radical (unpaired) electrons. The number of hydrazine groups is 1. The lowest BCUT2D eigenvalue weighted by Crippen LogP contribution is -2.50. The molecule has 0 saturated carbocycles. The van der Waals surface area contributed by atoms with Crippen LogP contribution in [0.15, 0.2) is 72.8 Å². The third-order valence-corrected chi connectivity index (χ3v) is 5.35. The number of aliphatic hydroxyl groups excluding tert-OH is 1. The number of carbonyl (C=O) groups excluding carboxylic acids is 2. The summed E-state index contributed by atoms with van der Waals surface area (Å²) in [7, 11) is 0. The summed E-state index contributed by atoms with van der Waals surface area (Å²) < 4.78 is 0. The maximum Gasteiger partial charge on any atom is 0.269 e. The minimum atomic E-state index is -1.23. The zero-order chi connectivity index (χ0) is 23.1. The van der Waals surface area contributed by atoms with Crippen LogP contribution in [0.5, 0.6) is 0 Å². The molecule has 3 aromatic carbocycles. The van der Waals surface area contributed by atoms with Gasteiger partial charge in [0.25, 0.3) is 11.8 Å². The van der Waals surface area contributed by atoms with Crippen LogP contribution in [0.3, 0.4) is 0 Å². The monoisotopic (exact) mass is 448 g/mol. The average molecular weight is 449 g/mol. The van der Waals surface area contributed by atoms with Gasteiger partial charge in [-0.15, -0.1) is 0 Å². The number of amides is 2. The fraction of sp³-hybridized carbons (Fsp3) is 0.125. The quantitative estimate of drug-likeness (QED) is 0.336. The first kappa shape index (κ1) is 22.8. The molecule has 4 N–H and O–H groups in total. The van der Waals surface area contributed by atoms with Crippen molar-refractivity contribution in [1.82, 2.24) is 10.9 Å². The predicted molar refractivity (Wildman–Crippen MR) is 123 cm³/mol. The maximum atomic E-state index is 13.0. The summed E-state index contributed by atoms with van der Waals surface area (Å²) in [5, 5.41) is 14.2. The highest BCUT2D eigenvalue weighted by atomic mass is 35.5. The Hall–Kier alpha value is -3.86. The number of anilines is 1. The minimum Gasteiger partial charge on any atom is -0.386 e.